The Kier molecular flexibility index (Phi) is 10.2. The molecule has 0 aliphatic carbocycles. The highest BCUT2D eigenvalue weighted by molar-refractivity contribution is 7.92. The normalized spacial score (nSPS) is 11.7. The molecule has 0 aliphatic rings. The first-order valence-electron chi connectivity index (χ1n) is 13.5. The van der Waals surface area contributed by atoms with Gasteiger partial charge in [0, 0.05) is 18.2 Å². The average molecular weight is 599 g/mol. The molecule has 0 saturated heterocycles. The Morgan fingerprint density at radius 3 is 2.26 bits per heavy atom. The molecule has 1 aromatic heterocycles. The van der Waals surface area contributed by atoms with E-state index in [0.29, 0.717) is 12.2 Å². The highest BCUT2D eigenvalue weighted by Crippen LogP contribution is 2.29. The first-order valence-corrected chi connectivity index (χ1v) is 15.0. The van der Waals surface area contributed by atoms with Crippen molar-refractivity contribution in [1.82, 2.24) is 14.9 Å². The van der Waals surface area contributed by atoms with E-state index in [9.17, 15) is 23.1 Å². The zero-order valence-corrected chi connectivity index (χ0v) is 25.8. The standard InChI is InChI=1S/C30H38N4O7S/c1-19(2)18-34(29(37)41-30(5,6)7)14-15-40-25-17-24(26-20(3)10-8-11-21(26)4)31-28(32-25)33-42(38,39)23-13-9-12-22(16-23)27(35)36/h8-13,16-17,19H,14-15,18H2,1-7H3,(H,35,36)(H,31,32,33). The molecule has 3 aromatic rings. The van der Waals surface area contributed by atoms with E-state index in [1.807, 2.05) is 45.9 Å². The average Bonchev–Trinajstić information content (AvgIpc) is 2.86. The van der Waals surface area contributed by atoms with Gasteiger partial charge in [0.15, 0.2) is 0 Å². The summed E-state index contributed by atoms with van der Waals surface area (Å²) in [5.41, 5.74) is 2.21. The van der Waals surface area contributed by atoms with Crippen molar-refractivity contribution in [3.05, 3.63) is 65.2 Å². The highest BCUT2D eigenvalue weighted by atomic mass is 32.2. The van der Waals surface area contributed by atoms with Crippen LogP contribution in [0.5, 0.6) is 5.88 Å². The van der Waals surface area contributed by atoms with Crippen LogP contribution in [0.3, 0.4) is 0 Å². The van der Waals surface area contributed by atoms with Gasteiger partial charge in [-0.15, -0.1) is 0 Å². The van der Waals surface area contributed by atoms with E-state index in [0.717, 1.165) is 22.8 Å². The van der Waals surface area contributed by atoms with Crippen molar-refractivity contribution in [3.63, 3.8) is 0 Å². The van der Waals surface area contributed by atoms with E-state index < -0.39 is 27.7 Å². The molecule has 0 atom stereocenters. The van der Waals surface area contributed by atoms with Gasteiger partial charge in [-0.3, -0.25) is 0 Å². The predicted octanol–water partition coefficient (Wildman–Crippen LogP) is 5.53. The molecule has 1 amide bonds. The van der Waals surface area contributed by atoms with Crippen LogP contribution >= 0.6 is 0 Å². The molecular formula is C30H38N4O7S. The number of aryl methyl sites for hydroxylation is 2. The quantitative estimate of drug-likeness (QED) is 0.291. The van der Waals surface area contributed by atoms with E-state index in [1.165, 1.54) is 18.2 Å². The maximum Gasteiger partial charge on any atom is 0.410 e. The number of sulfonamides is 1. The van der Waals surface area contributed by atoms with Crippen molar-refractivity contribution in [2.45, 2.75) is 59.0 Å². The van der Waals surface area contributed by atoms with Gasteiger partial charge < -0.3 is 19.5 Å². The third-order valence-electron chi connectivity index (χ3n) is 5.91. The molecule has 1 heterocycles. The summed E-state index contributed by atoms with van der Waals surface area (Å²) in [4.78, 5) is 34.2. The van der Waals surface area contributed by atoms with E-state index >= 15 is 0 Å². The molecule has 226 valence electrons. The van der Waals surface area contributed by atoms with Gasteiger partial charge in [0.2, 0.25) is 11.8 Å². The number of carbonyl (C=O) groups excluding carboxylic acids is 1. The molecule has 0 saturated carbocycles. The first kappa shape index (κ1) is 32.3. The number of aromatic nitrogens is 2. The molecule has 0 bridgehead atoms. The summed E-state index contributed by atoms with van der Waals surface area (Å²) in [5.74, 6) is -1.23. The number of nitrogens with zero attached hydrogens (tertiary/aromatic N) is 3. The van der Waals surface area contributed by atoms with Gasteiger partial charge in [-0.2, -0.15) is 4.98 Å². The lowest BCUT2D eigenvalue weighted by atomic mass is 10.00. The Bertz CT molecular complexity index is 1530. The highest BCUT2D eigenvalue weighted by Gasteiger charge is 2.24. The van der Waals surface area contributed by atoms with Gasteiger partial charge in [-0.25, -0.2) is 27.7 Å². The number of rotatable bonds is 11. The first-order chi connectivity index (χ1) is 19.6. The Hall–Kier alpha value is -4.19. The molecule has 3 rings (SSSR count). The fraction of sp³-hybridized carbons (Fsp3) is 0.400. The van der Waals surface area contributed by atoms with Crippen molar-refractivity contribution in [2.24, 2.45) is 5.92 Å². The molecule has 11 nitrogen and oxygen atoms in total. The molecule has 2 N–H and O–H groups in total. The Morgan fingerprint density at radius 2 is 1.67 bits per heavy atom. The van der Waals surface area contributed by atoms with Gasteiger partial charge in [-0.05, 0) is 69.9 Å². The summed E-state index contributed by atoms with van der Waals surface area (Å²) in [6, 6.07) is 12.3. The maximum atomic E-state index is 13.2. The Labute approximate surface area is 247 Å². The van der Waals surface area contributed by atoms with Crippen LogP contribution in [0.15, 0.2) is 53.4 Å². The van der Waals surface area contributed by atoms with E-state index in [2.05, 4.69) is 14.7 Å². The van der Waals surface area contributed by atoms with Crippen molar-refractivity contribution < 1.29 is 32.6 Å². The predicted molar refractivity (Wildman–Crippen MR) is 159 cm³/mol. The van der Waals surface area contributed by atoms with E-state index in [4.69, 9.17) is 9.47 Å². The molecule has 42 heavy (non-hydrogen) atoms. The van der Waals surface area contributed by atoms with Crippen LogP contribution in [0, 0.1) is 19.8 Å². The molecule has 0 unspecified atom stereocenters. The number of ether oxygens (including phenoxy) is 2. The van der Waals surface area contributed by atoms with Gasteiger partial charge in [0.05, 0.1) is 22.7 Å². The van der Waals surface area contributed by atoms with Crippen molar-refractivity contribution in [3.8, 4) is 17.1 Å². The van der Waals surface area contributed by atoms with E-state index in [1.54, 1.807) is 31.7 Å². The van der Waals surface area contributed by atoms with Crippen LogP contribution < -0.4 is 9.46 Å². The van der Waals surface area contributed by atoms with Crippen molar-refractivity contribution >= 4 is 28.0 Å². The Balaban J connectivity index is 1.94. The number of hydrogen-bond donors (Lipinski definition) is 2. The van der Waals surface area contributed by atoms with E-state index in [-0.39, 0.29) is 41.4 Å². The fourth-order valence-corrected chi connectivity index (χ4v) is 5.14. The SMILES string of the molecule is Cc1cccc(C)c1-c1cc(OCCN(CC(C)C)C(=O)OC(C)(C)C)nc(NS(=O)(=O)c2cccc(C(=O)O)c2)n1. The maximum absolute atomic E-state index is 13.2. The second-order valence-electron chi connectivity index (χ2n) is 11.3. The summed E-state index contributed by atoms with van der Waals surface area (Å²) in [6.07, 6.45) is -0.462. The van der Waals surface area contributed by atoms with Crippen LogP contribution in [-0.2, 0) is 14.8 Å². The Morgan fingerprint density at radius 1 is 1.02 bits per heavy atom. The van der Waals surface area contributed by atoms with Crippen LogP contribution in [0.4, 0.5) is 10.7 Å². The monoisotopic (exact) mass is 598 g/mol. The summed E-state index contributed by atoms with van der Waals surface area (Å²) < 4.78 is 40.2. The summed E-state index contributed by atoms with van der Waals surface area (Å²) in [6.45, 7) is 13.9. The molecular weight excluding hydrogens is 560 g/mol. The molecule has 0 spiro atoms. The number of carbonyl (C=O) groups is 2. The third kappa shape index (κ3) is 8.90. The molecule has 12 heteroatoms. The minimum atomic E-state index is -4.24. The number of anilines is 1. The second-order valence-corrected chi connectivity index (χ2v) is 13.0. The number of benzene rings is 2. The molecule has 0 radical (unpaired) electrons. The molecule has 0 aliphatic heterocycles. The third-order valence-corrected chi connectivity index (χ3v) is 7.23. The van der Waals surface area contributed by atoms with Crippen LogP contribution in [-0.4, -0.2) is 65.8 Å². The zero-order valence-electron chi connectivity index (χ0n) is 25.0. The van der Waals surface area contributed by atoms with Crippen LogP contribution in [0.25, 0.3) is 11.3 Å². The number of hydrogen-bond acceptors (Lipinski definition) is 8. The number of carboxylic acids is 1. The minimum Gasteiger partial charge on any atom is -0.478 e. The lowest BCUT2D eigenvalue weighted by Gasteiger charge is -2.28. The van der Waals surface area contributed by atoms with Crippen molar-refractivity contribution in [2.75, 3.05) is 24.4 Å². The number of amides is 1. The second kappa shape index (κ2) is 13.2. The van der Waals surface area contributed by atoms with Crippen LogP contribution in [0.1, 0.15) is 56.1 Å². The minimum absolute atomic E-state index is 0.0576. The zero-order chi connectivity index (χ0) is 31.2. The smallest absolute Gasteiger partial charge is 0.410 e. The molecule has 0 fully saturated rings. The molecule has 2 aromatic carbocycles. The van der Waals surface area contributed by atoms with Gasteiger partial charge >= 0.3 is 12.1 Å². The summed E-state index contributed by atoms with van der Waals surface area (Å²) in [7, 11) is -4.24. The summed E-state index contributed by atoms with van der Waals surface area (Å²) in [5, 5.41) is 9.29. The lowest BCUT2D eigenvalue weighted by molar-refractivity contribution is 0.0202. The summed E-state index contributed by atoms with van der Waals surface area (Å²) >= 11 is 0. The number of aromatic carboxylic acids is 1. The number of carboxylic acid groups (broad SMARTS) is 1. The van der Waals surface area contributed by atoms with Gasteiger partial charge in [-0.1, -0.05) is 38.1 Å². The fourth-order valence-electron chi connectivity index (χ4n) is 4.15. The van der Waals surface area contributed by atoms with Gasteiger partial charge in [0.25, 0.3) is 10.0 Å². The van der Waals surface area contributed by atoms with Crippen molar-refractivity contribution in [1.29, 1.82) is 0 Å². The largest absolute Gasteiger partial charge is 0.478 e. The topological polar surface area (TPSA) is 148 Å². The number of nitrogens with one attached hydrogen (secondary N) is 1. The lowest BCUT2D eigenvalue weighted by Crippen LogP contribution is -2.41. The van der Waals surface area contributed by atoms with Crippen LogP contribution in [0.2, 0.25) is 0 Å². The van der Waals surface area contributed by atoms with Gasteiger partial charge in [0.1, 0.15) is 12.2 Å².